The van der Waals surface area contributed by atoms with Gasteiger partial charge in [-0.05, 0) is 60.7 Å². The van der Waals surface area contributed by atoms with Crippen LogP contribution in [0, 0.1) is 5.92 Å². The lowest BCUT2D eigenvalue weighted by molar-refractivity contribution is 0.0931. The molecule has 0 radical (unpaired) electrons. The van der Waals surface area contributed by atoms with Crippen molar-refractivity contribution in [1.29, 1.82) is 0 Å². The number of rotatable bonds is 6. The van der Waals surface area contributed by atoms with Crippen molar-refractivity contribution in [3.05, 3.63) is 59.7 Å². The lowest BCUT2D eigenvalue weighted by Crippen LogP contribution is -2.36. The van der Waals surface area contributed by atoms with E-state index >= 15 is 0 Å². The third-order valence-corrected chi connectivity index (χ3v) is 5.36. The summed E-state index contributed by atoms with van der Waals surface area (Å²) in [4.78, 5) is 15.1. The number of benzene rings is 2. The molecule has 1 aliphatic heterocycles. The van der Waals surface area contributed by atoms with Gasteiger partial charge in [0.15, 0.2) is 0 Å². The standard InChI is InChI=1S/C22H26N2O3/c1-26-20-10-6-17(7-11-20)21(16-2-3-16)23-22(25)18-4-8-19(9-5-18)24-12-14-27-15-13-24/h4-11,16,21H,2-3,12-15H2,1H3,(H,23,25)/t21-/m1/s1. The highest BCUT2D eigenvalue weighted by Gasteiger charge is 2.33. The van der Waals surface area contributed by atoms with Crippen molar-refractivity contribution >= 4 is 11.6 Å². The topological polar surface area (TPSA) is 50.8 Å². The Morgan fingerprint density at radius 3 is 2.33 bits per heavy atom. The van der Waals surface area contributed by atoms with E-state index in [0.717, 1.165) is 56.1 Å². The van der Waals surface area contributed by atoms with Gasteiger partial charge in [0, 0.05) is 24.3 Å². The highest BCUT2D eigenvalue weighted by atomic mass is 16.5. The minimum absolute atomic E-state index is 0.0174. The zero-order valence-corrected chi connectivity index (χ0v) is 15.7. The molecule has 5 heteroatoms. The molecular formula is C22H26N2O3. The molecule has 1 heterocycles. The molecule has 27 heavy (non-hydrogen) atoms. The molecule has 142 valence electrons. The predicted octanol–water partition coefficient (Wildman–Crippen LogP) is 3.41. The molecule has 5 nitrogen and oxygen atoms in total. The highest BCUT2D eigenvalue weighted by molar-refractivity contribution is 5.94. The number of methoxy groups -OCH3 is 1. The van der Waals surface area contributed by atoms with Gasteiger partial charge in [0.05, 0.1) is 26.4 Å². The summed E-state index contributed by atoms with van der Waals surface area (Å²) in [5.74, 6) is 1.34. The molecule has 0 unspecified atom stereocenters. The molecule has 2 fully saturated rings. The summed E-state index contributed by atoms with van der Waals surface area (Å²) >= 11 is 0. The van der Waals surface area contributed by atoms with Gasteiger partial charge in [0.1, 0.15) is 5.75 Å². The second kappa shape index (κ2) is 8.01. The first kappa shape index (κ1) is 17.9. The van der Waals surface area contributed by atoms with Crippen LogP contribution in [-0.2, 0) is 4.74 Å². The van der Waals surface area contributed by atoms with Crippen LogP contribution < -0.4 is 15.0 Å². The molecule has 1 atom stereocenters. The number of anilines is 1. The molecule has 0 spiro atoms. The number of carbonyl (C=O) groups excluding carboxylic acids is 1. The van der Waals surface area contributed by atoms with Crippen LogP contribution in [0.1, 0.15) is 34.8 Å². The first-order chi connectivity index (χ1) is 13.2. The monoisotopic (exact) mass is 366 g/mol. The Bertz CT molecular complexity index is 763. The summed E-state index contributed by atoms with van der Waals surface area (Å²) in [5.41, 5.74) is 2.98. The van der Waals surface area contributed by atoms with Crippen molar-refractivity contribution < 1.29 is 14.3 Å². The first-order valence-corrected chi connectivity index (χ1v) is 9.62. The summed E-state index contributed by atoms with van der Waals surface area (Å²) < 4.78 is 10.6. The van der Waals surface area contributed by atoms with E-state index in [-0.39, 0.29) is 11.9 Å². The first-order valence-electron chi connectivity index (χ1n) is 9.62. The van der Waals surface area contributed by atoms with Gasteiger partial charge in [-0.15, -0.1) is 0 Å². The number of ether oxygens (including phenoxy) is 2. The van der Waals surface area contributed by atoms with Crippen LogP contribution in [0.15, 0.2) is 48.5 Å². The number of hydrogen-bond donors (Lipinski definition) is 1. The Labute approximate surface area is 160 Å². The number of nitrogens with zero attached hydrogens (tertiary/aromatic N) is 1. The second-order valence-corrected chi connectivity index (χ2v) is 7.21. The van der Waals surface area contributed by atoms with E-state index in [1.54, 1.807) is 7.11 Å². The van der Waals surface area contributed by atoms with Crippen molar-refractivity contribution in [2.75, 3.05) is 38.3 Å². The summed E-state index contributed by atoms with van der Waals surface area (Å²) in [6.45, 7) is 3.31. The van der Waals surface area contributed by atoms with Crippen LogP contribution >= 0.6 is 0 Å². The summed E-state index contributed by atoms with van der Waals surface area (Å²) in [6, 6.07) is 15.9. The number of amides is 1. The summed E-state index contributed by atoms with van der Waals surface area (Å²) in [6.07, 6.45) is 2.32. The van der Waals surface area contributed by atoms with Gasteiger partial charge in [0.2, 0.25) is 0 Å². The normalized spacial score (nSPS) is 18.0. The molecule has 1 saturated carbocycles. The van der Waals surface area contributed by atoms with Crippen LogP contribution in [0.3, 0.4) is 0 Å². The van der Waals surface area contributed by atoms with Gasteiger partial charge in [-0.3, -0.25) is 4.79 Å². The van der Waals surface area contributed by atoms with Crippen LogP contribution in [0.4, 0.5) is 5.69 Å². The molecule has 2 aromatic rings. The molecule has 2 aromatic carbocycles. The minimum Gasteiger partial charge on any atom is -0.497 e. The van der Waals surface area contributed by atoms with Gasteiger partial charge in [-0.25, -0.2) is 0 Å². The van der Waals surface area contributed by atoms with Gasteiger partial charge in [-0.2, -0.15) is 0 Å². The Kier molecular flexibility index (Phi) is 5.30. The van der Waals surface area contributed by atoms with E-state index in [9.17, 15) is 4.79 Å². The Balaban J connectivity index is 1.44. The Morgan fingerprint density at radius 1 is 1.07 bits per heavy atom. The number of nitrogens with one attached hydrogen (secondary N) is 1. The lowest BCUT2D eigenvalue weighted by Gasteiger charge is -2.29. The maximum Gasteiger partial charge on any atom is 0.251 e. The maximum absolute atomic E-state index is 12.8. The second-order valence-electron chi connectivity index (χ2n) is 7.21. The number of carbonyl (C=O) groups is 1. The molecule has 0 aromatic heterocycles. The van der Waals surface area contributed by atoms with Crippen LogP contribution in [0.25, 0.3) is 0 Å². The molecular weight excluding hydrogens is 340 g/mol. The smallest absolute Gasteiger partial charge is 0.251 e. The molecule has 1 amide bonds. The van der Waals surface area contributed by atoms with E-state index < -0.39 is 0 Å². The van der Waals surface area contributed by atoms with Crippen molar-refractivity contribution in [3.63, 3.8) is 0 Å². The Hall–Kier alpha value is -2.53. The number of morpholine rings is 1. The van der Waals surface area contributed by atoms with Gasteiger partial charge >= 0.3 is 0 Å². The SMILES string of the molecule is COc1ccc([C@H](NC(=O)c2ccc(N3CCOCC3)cc2)C2CC2)cc1. The average molecular weight is 366 g/mol. The van der Waals surface area contributed by atoms with Gasteiger partial charge < -0.3 is 19.7 Å². The lowest BCUT2D eigenvalue weighted by atomic mass is 10.0. The molecule has 1 saturated heterocycles. The van der Waals surface area contributed by atoms with E-state index in [4.69, 9.17) is 9.47 Å². The van der Waals surface area contributed by atoms with Crippen LogP contribution in [0.5, 0.6) is 5.75 Å². The third kappa shape index (κ3) is 4.25. The van der Waals surface area contributed by atoms with E-state index in [1.165, 1.54) is 0 Å². The van der Waals surface area contributed by atoms with Gasteiger partial charge in [0.25, 0.3) is 5.91 Å². The van der Waals surface area contributed by atoms with Crippen molar-refractivity contribution in [2.45, 2.75) is 18.9 Å². The number of hydrogen-bond acceptors (Lipinski definition) is 4. The average Bonchev–Trinajstić information content (AvgIpc) is 3.58. The molecule has 1 aliphatic carbocycles. The van der Waals surface area contributed by atoms with Crippen molar-refractivity contribution in [1.82, 2.24) is 5.32 Å². The van der Waals surface area contributed by atoms with E-state index in [2.05, 4.69) is 10.2 Å². The summed E-state index contributed by atoms with van der Waals surface area (Å²) in [5, 5.41) is 3.23. The minimum atomic E-state index is -0.0174. The molecule has 4 rings (SSSR count). The summed E-state index contributed by atoms with van der Waals surface area (Å²) in [7, 11) is 1.66. The van der Waals surface area contributed by atoms with Crippen molar-refractivity contribution in [3.8, 4) is 5.75 Å². The zero-order chi connectivity index (χ0) is 18.6. The van der Waals surface area contributed by atoms with Gasteiger partial charge in [-0.1, -0.05) is 12.1 Å². The fourth-order valence-electron chi connectivity index (χ4n) is 3.58. The highest BCUT2D eigenvalue weighted by Crippen LogP contribution is 2.41. The fourth-order valence-corrected chi connectivity index (χ4v) is 3.58. The molecule has 0 bridgehead atoms. The molecule has 1 N–H and O–H groups in total. The van der Waals surface area contributed by atoms with Crippen LogP contribution in [0.2, 0.25) is 0 Å². The fraction of sp³-hybridized carbons (Fsp3) is 0.409. The quantitative estimate of drug-likeness (QED) is 0.851. The van der Waals surface area contributed by atoms with E-state index in [1.807, 2.05) is 48.5 Å². The third-order valence-electron chi connectivity index (χ3n) is 5.36. The van der Waals surface area contributed by atoms with Crippen molar-refractivity contribution in [2.24, 2.45) is 5.92 Å². The molecule has 2 aliphatic rings. The Morgan fingerprint density at radius 2 is 1.74 bits per heavy atom. The van der Waals surface area contributed by atoms with Crippen LogP contribution in [-0.4, -0.2) is 39.3 Å². The predicted molar refractivity (Wildman–Crippen MR) is 105 cm³/mol. The zero-order valence-electron chi connectivity index (χ0n) is 15.7. The van der Waals surface area contributed by atoms with E-state index in [0.29, 0.717) is 11.5 Å². The maximum atomic E-state index is 12.8. The largest absolute Gasteiger partial charge is 0.497 e.